The van der Waals surface area contributed by atoms with E-state index in [2.05, 4.69) is 0 Å². The zero-order valence-electron chi connectivity index (χ0n) is 17.3. The van der Waals surface area contributed by atoms with Gasteiger partial charge < -0.3 is 23.7 Å². The second-order valence-corrected chi connectivity index (χ2v) is 6.76. The molecule has 3 aromatic rings. The topological polar surface area (TPSA) is 63.2 Å². The lowest BCUT2D eigenvalue weighted by molar-refractivity contribution is 0.103. The predicted molar refractivity (Wildman–Crippen MR) is 112 cm³/mol. The third-order valence-electron chi connectivity index (χ3n) is 5.19. The van der Waals surface area contributed by atoms with Crippen LogP contribution in [0.25, 0.3) is 11.1 Å². The number of carbonyl (C=O) groups excluding carboxylic acids is 1. The quantitative estimate of drug-likeness (QED) is 0.621. The Morgan fingerprint density at radius 1 is 0.700 bits per heavy atom. The van der Waals surface area contributed by atoms with Crippen molar-refractivity contribution in [2.75, 3.05) is 28.4 Å². The highest BCUT2D eigenvalue weighted by Gasteiger charge is 2.25. The number of fused-ring (bicyclic) bond motifs is 2. The highest BCUT2D eigenvalue weighted by molar-refractivity contribution is 6.13. The summed E-state index contributed by atoms with van der Waals surface area (Å²) >= 11 is 0. The summed E-state index contributed by atoms with van der Waals surface area (Å²) in [5.41, 5.74) is 3.56. The van der Waals surface area contributed by atoms with Crippen molar-refractivity contribution in [1.82, 2.24) is 0 Å². The molecule has 0 amide bonds. The maximum atomic E-state index is 13.4. The molecule has 0 aliphatic carbocycles. The van der Waals surface area contributed by atoms with E-state index in [-0.39, 0.29) is 12.4 Å². The highest BCUT2D eigenvalue weighted by atomic mass is 16.5. The minimum absolute atomic E-state index is 0.132. The summed E-state index contributed by atoms with van der Waals surface area (Å²) in [7, 11) is 6.30. The second-order valence-electron chi connectivity index (χ2n) is 6.76. The van der Waals surface area contributed by atoms with Crippen molar-refractivity contribution in [2.24, 2.45) is 0 Å². The smallest absolute Gasteiger partial charge is 0.197 e. The second kappa shape index (κ2) is 7.99. The van der Waals surface area contributed by atoms with E-state index < -0.39 is 0 Å². The molecule has 0 saturated carbocycles. The van der Waals surface area contributed by atoms with Crippen LogP contribution in [0.15, 0.2) is 48.5 Å². The van der Waals surface area contributed by atoms with E-state index in [1.165, 1.54) is 7.11 Å². The van der Waals surface area contributed by atoms with E-state index in [1.54, 1.807) is 33.5 Å². The first-order chi connectivity index (χ1) is 14.6. The van der Waals surface area contributed by atoms with Crippen molar-refractivity contribution in [3.63, 3.8) is 0 Å². The molecule has 1 heterocycles. The van der Waals surface area contributed by atoms with Crippen molar-refractivity contribution >= 4 is 5.78 Å². The van der Waals surface area contributed by atoms with Gasteiger partial charge in [-0.05, 0) is 29.8 Å². The molecule has 6 nitrogen and oxygen atoms in total. The molecule has 3 aromatic carbocycles. The molecule has 6 heteroatoms. The number of ether oxygens (including phenoxy) is 5. The Bertz CT molecular complexity index is 1120. The largest absolute Gasteiger partial charge is 0.497 e. The number of methoxy groups -OCH3 is 4. The molecular weight excluding hydrogens is 384 g/mol. The molecule has 0 aromatic heterocycles. The maximum absolute atomic E-state index is 13.4. The van der Waals surface area contributed by atoms with Gasteiger partial charge in [-0.2, -0.15) is 0 Å². The Morgan fingerprint density at radius 2 is 1.43 bits per heavy atom. The lowest BCUT2D eigenvalue weighted by Gasteiger charge is -2.13. The zero-order valence-corrected chi connectivity index (χ0v) is 17.3. The summed E-state index contributed by atoms with van der Waals surface area (Å²) in [4.78, 5) is 13.4. The number of carbonyl (C=O) groups is 1. The monoisotopic (exact) mass is 406 g/mol. The molecule has 0 atom stereocenters. The summed E-state index contributed by atoms with van der Waals surface area (Å²) in [5.74, 6) is 2.69. The fourth-order valence-electron chi connectivity index (χ4n) is 3.58. The van der Waals surface area contributed by atoms with Crippen LogP contribution in [0, 0.1) is 0 Å². The Hall–Kier alpha value is -3.67. The number of hydrogen-bond donors (Lipinski definition) is 0. The van der Waals surface area contributed by atoms with Crippen LogP contribution in [0.4, 0.5) is 0 Å². The third-order valence-corrected chi connectivity index (χ3v) is 5.19. The molecule has 0 spiro atoms. The van der Waals surface area contributed by atoms with Crippen LogP contribution in [-0.2, 0) is 6.61 Å². The van der Waals surface area contributed by atoms with Crippen molar-refractivity contribution in [3.05, 3.63) is 65.2 Å². The van der Waals surface area contributed by atoms with Crippen LogP contribution < -0.4 is 23.7 Å². The van der Waals surface area contributed by atoms with Gasteiger partial charge in [0.1, 0.15) is 23.9 Å². The molecular formula is C24H22O6. The highest BCUT2D eigenvalue weighted by Crippen LogP contribution is 2.40. The number of ketones is 1. The summed E-state index contributed by atoms with van der Waals surface area (Å²) in [5, 5.41) is 0. The molecule has 1 aliphatic rings. The molecule has 1 aliphatic heterocycles. The van der Waals surface area contributed by atoms with Crippen LogP contribution in [0.3, 0.4) is 0 Å². The lowest BCUT2D eigenvalue weighted by atomic mass is 9.94. The molecule has 0 fully saturated rings. The van der Waals surface area contributed by atoms with Crippen molar-refractivity contribution in [2.45, 2.75) is 6.61 Å². The SMILES string of the molecule is COc1ccc(-c2ccc3c(c2)C(=O)c2cc(OC)c(OC)cc2OC3)c(OC)c1. The fourth-order valence-corrected chi connectivity index (χ4v) is 3.58. The molecule has 154 valence electrons. The van der Waals surface area contributed by atoms with E-state index in [9.17, 15) is 4.79 Å². The van der Waals surface area contributed by atoms with Crippen LogP contribution in [0.1, 0.15) is 21.5 Å². The third kappa shape index (κ3) is 3.30. The van der Waals surface area contributed by atoms with Gasteiger partial charge in [0.05, 0.1) is 34.0 Å². The summed E-state index contributed by atoms with van der Waals surface area (Å²) in [6.45, 7) is 0.281. The van der Waals surface area contributed by atoms with Gasteiger partial charge in [0.15, 0.2) is 17.3 Å². The van der Waals surface area contributed by atoms with Crippen molar-refractivity contribution < 1.29 is 28.5 Å². The van der Waals surface area contributed by atoms with E-state index in [0.717, 1.165) is 16.7 Å². The first-order valence-corrected chi connectivity index (χ1v) is 9.38. The Balaban J connectivity index is 1.82. The van der Waals surface area contributed by atoms with Crippen LogP contribution in [0.5, 0.6) is 28.7 Å². The fraction of sp³-hybridized carbons (Fsp3) is 0.208. The molecule has 0 unspecified atom stereocenters. The number of rotatable bonds is 5. The van der Waals surface area contributed by atoms with Gasteiger partial charge in [-0.1, -0.05) is 12.1 Å². The van der Waals surface area contributed by atoms with Crippen LogP contribution in [0.2, 0.25) is 0 Å². The van der Waals surface area contributed by atoms with Gasteiger partial charge in [-0.15, -0.1) is 0 Å². The summed E-state index contributed by atoms with van der Waals surface area (Å²) < 4.78 is 27.4. The first kappa shape index (κ1) is 19.6. The molecule has 4 rings (SSSR count). The van der Waals surface area contributed by atoms with Crippen molar-refractivity contribution in [1.29, 1.82) is 0 Å². The first-order valence-electron chi connectivity index (χ1n) is 9.38. The molecule has 0 N–H and O–H groups in total. The Kier molecular flexibility index (Phi) is 5.23. The molecule has 0 bridgehead atoms. The minimum Gasteiger partial charge on any atom is -0.497 e. The van der Waals surface area contributed by atoms with Gasteiger partial charge in [-0.25, -0.2) is 0 Å². The molecule has 0 saturated heterocycles. The lowest BCUT2D eigenvalue weighted by Crippen LogP contribution is -2.04. The van der Waals surface area contributed by atoms with Gasteiger partial charge in [0, 0.05) is 28.8 Å². The molecule has 30 heavy (non-hydrogen) atoms. The average Bonchev–Trinajstić information content (AvgIpc) is 2.93. The average molecular weight is 406 g/mol. The maximum Gasteiger partial charge on any atom is 0.197 e. The van der Waals surface area contributed by atoms with Crippen LogP contribution >= 0.6 is 0 Å². The Morgan fingerprint density at radius 3 is 2.13 bits per heavy atom. The number of benzene rings is 3. The van der Waals surface area contributed by atoms with Gasteiger partial charge in [0.2, 0.25) is 0 Å². The number of hydrogen-bond acceptors (Lipinski definition) is 6. The molecule has 0 radical (unpaired) electrons. The van der Waals surface area contributed by atoms with Gasteiger partial charge >= 0.3 is 0 Å². The van der Waals surface area contributed by atoms with Crippen molar-refractivity contribution in [3.8, 4) is 39.9 Å². The Labute approximate surface area is 174 Å². The van der Waals surface area contributed by atoms with E-state index in [1.807, 2.05) is 36.4 Å². The van der Waals surface area contributed by atoms with Crippen LogP contribution in [-0.4, -0.2) is 34.2 Å². The van der Waals surface area contributed by atoms with Gasteiger partial charge in [-0.3, -0.25) is 4.79 Å². The zero-order chi connectivity index (χ0) is 21.3. The summed E-state index contributed by atoms with van der Waals surface area (Å²) in [6.07, 6.45) is 0. The van der Waals surface area contributed by atoms with E-state index >= 15 is 0 Å². The van der Waals surface area contributed by atoms with E-state index in [0.29, 0.717) is 39.9 Å². The predicted octanol–water partition coefficient (Wildman–Crippen LogP) is 4.51. The minimum atomic E-state index is -0.132. The normalized spacial score (nSPS) is 12.2. The summed E-state index contributed by atoms with van der Waals surface area (Å²) in [6, 6.07) is 14.7. The van der Waals surface area contributed by atoms with Gasteiger partial charge in [0.25, 0.3) is 0 Å². The standard InChI is InChI=1S/C24H22O6/c1-26-16-7-8-17(20(10-16)27-2)14-5-6-15-13-30-21-12-23(29-4)22(28-3)11-19(21)24(25)18(15)9-14/h5-12H,13H2,1-4H3. The van der Waals surface area contributed by atoms with E-state index in [4.69, 9.17) is 23.7 Å².